The molecule has 38 heavy (non-hydrogen) atoms. The highest BCUT2D eigenvalue weighted by Crippen LogP contribution is 2.28. The summed E-state index contributed by atoms with van der Waals surface area (Å²) in [7, 11) is 0. The first-order chi connectivity index (χ1) is 18.5. The maximum atomic E-state index is 13.0. The summed E-state index contributed by atoms with van der Waals surface area (Å²) in [6, 6.07) is 11.3. The average molecular weight is 518 g/mol. The second-order valence-electron chi connectivity index (χ2n) is 10.4. The van der Waals surface area contributed by atoms with E-state index in [4.69, 9.17) is 0 Å². The number of fused-ring (bicyclic) bond motifs is 1. The number of hydrogen-bond acceptors (Lipinski definition) is 6. The molecular weight excluding hydrogens is 482 g/mol. The van der Waals surface area contributed by atoms with Gasteiger partial charge in [-0.1, -0.05) is 31.0 Å². The van der Waals surface area contributed by atoms with Crippen LogP contribution in [0.15, 0.2) is 42.6 Å². The summed E-state index contributed by atoms with van der Waals surface area (Å²) in [5.74, 6) is 0.424. The number of amides is 4. The molecule has 1 aromatic carbocycles. The number of anilines is 1. The Kier molecular flexibility index (Phi) is 8.00. The van der Waals surface area contributed by atoms with E-state index in [-0.39, 0.29) is 30.0 Å². The molecule has 3 aliphatic rings. The van der Waals surface area contributed by atoms with E-state index in [9.17, 15) is 19.2 Å². The summed E-state index contributed by atoms with van der Waals surface area (Å²) in [5.41, 5.74) is 2.72. The normalized spacial score (nSPS) is 19.5. The molecule has 0 saturated carbocycles. The van der Waals surface area contributed by atoms with E-state index in [1.54, 1.807) is 11.1 Å². The van der Waals surface area contributed by atoms with Crippen LogP contribution < -0.4 is 10.2 Å². The smallest absolute Gasteiger partial charge is 0.255 e. The second-order valence-corrected chi connectivity index (χ2v) is 10.4. The number of nitrogens with zero attached hydrogens (tertiary/aromatic N) is 4. The van der Waals surface area contributed by atoms with Gasteiger partial charge in [0.15, 0.2) is 0 Å². The number of piperazine rings is 1. The molecule has 5 rings (SSSR count). The molecule has 0 bridgehead atoms. The van der Waals surface area contributed by atoms with Crippen molar-refractivity contribution < 1.29 is 19.2 Å². The van der Waals surface area contributed by atoms with Crippen molar-refractivity contribution >= 4 is 29.4 Å². The zero-order chi connectivity index (χ0) is 26.5. The van der Waals surface area contributed by atoms with Gasteiger partial charge in [-0.15, -0.1) is 0 Å². The van der Waals surface area contributed by atoms with Crippen LogP contribution in [0, 0.1) is 0 Å². The molecule has 3 aliphatic heterocycles. The van der Waals surface area contributed by atoms with Crippen LogP contribution in [0.25, 0.3) is 0 Å². The molecule has 9 nitrogen and oxygen atoms in total. The van der Waals surface area contributed by atoms with Crippen molar-refractivity contribution in [3.8, 4) is 0 Å². The Balaban J connectivity index is 1.00. The molecule has 0 radical (unpaired) electrons. The first kappa shape index (κ1) is 25.9. The van der Waals surface area contributed by atoms with Crippen LogP contribution in [0.3, 0.4) is 0 Å². The molecular formula is C29H35N5O4. The highest BCUT2D eigenvalue weighted by molar-refractivity contribution is 6.05. The van der Waals surface area contributed by atoms with Crippen molar-refractivity contribution in [1.29, 1.82) is 0 Å². The number of piperidine rings is 1. The molecule has 200 valence electrons. The maximum absolute atomic E-state index is 13.0. The monoisotopic (exact) mass is 517 g/mol. The van der Waals surface area contributed by atoms with Gasteiger partial charge in [-0.3, -0.25) is 24.5 Å². The van der Waals surface area contributed by atoms with Gasteiger partial charge in [0.2, 0.25) is 17.7 Å². The minimum absolute atomic E-state index is 0.129. The maximum Gasteiger partial charge on any atom is 0.255 e. The Morgan fingerprint density at radius 3 is 2.55 bits per heavy atom. The van der Waals surface area contributed by atoms with Gasteiger partial charge >= 0.3 is 0 Å². The van der Waals surface area contributed by atoms with Crippen LogP contribution in [0.2, 0.25) is 0 Å². The highest BCUT2D eigenvalue weighted by Gasteiger charge is 2.39. The number of nitrogens with one attached hydrogen (secondary N) is 1. The first-order valence-corrected chi connectivity index (χ1v) is 13.7. The second kappa shape index (κ2) is 11.8. The lowest BCUT2D eigenvalue weighted by Crippen LogP contribution is -2.52. The van der Waals surface area contributed by atoms with E-state index < -0.39 is 6.04 Å². The molecule has 0 spiro atoms. The van der Waals surface area contributed by atoms with Crippen molar-refractivity contribution in [2.45, 2.75) is 64.0 Å². The standard InChI is InChI=1S/C29H35N5O4/c35-26-13-12-24(28(37)31-26)34-20-22-11-10-21(19-23(22)29(34)38)7-3-1-2-4-9-27(36)33-17-15-32(16-18-33)25-8-5-6-14-30-25/h5-6,8,10-11,14,19,24H,1-4,7,9,12-13,15-18,20H2,(H,31,35,37). The summed E-state index contributed by atoms with van der Waals surface area (Å²) in [4.78, 5) is 59.5. The number of carbonyl (C=O) groups excluding carboxylic acids is 4. The molecule has 9 heteroatoms. The summed E-state index contributed by atoms with van der Waals surface area (Å²) in [5, 5.41) is 2.34. The summed E-state index contributed by atoms with van der Waals surface area (Å²) >= 11 is 0. The predicted molar refractivity (Wildman–Crippen MR) is 142 cm³/mol. The van der Waals surface area contributed by atoms with Crippen molar-refractivity contribution in [3.63, 3.8) is 0 Å². The van der Waals surface area contributed by atoms with Crippen molar-refractivity contribution in [2.75, 3.05) is 31.1 Å². The average Bonchev–Trinajstić information content (AvgIpc) is 3.26. The number of aryl methyl sites for hydroxylation is 1. The minimum Gasteiger partial charge on any atom is -0.353 e. The van der Waals surface area contributed by atoms with E-state index in [1.165, 1.54) is 0 Å². The number of imide groups is 1. The van der Waals surface area contributed by atoms with Crippen LogP contribution in [0.4, 0.5) is 5.82 Å². The fourth-order valence-electron chi connectivity index (χ4n) is 5.60. The van der Waals surface area contributed by atoms with Crippen molar-refractivity contribution in [2.24, 2.45) is 0 Å². The molecule has 4 amide bonds. The summed E-state index contributed by atoms with van der Waals surface area (Å²) in [6.45, 7) is 3.53. The molecule has 2 saturated heterocycles. The summed E-state index contributed by atoms with van der Waals surface area (Å²) in [6.07, 6.45) is 7.84. The zero-order valence-corrected chi connectivity index (χ0v) is 21.7. The number of pyridine rings is 1. The molecule has 2 fully saturated rings. The van der Waals surface area contributed by atoms with Gasteiger partial charge in [-0.25, -0.2) is 4.98 Å². The van der Waals surface area contributed by atoms with Gasteiger partial charge in [0.1, 0.15) is 11.9 Å². The number of aromatic nitrogens is 1. The van der Waals surface area contributed by atoms with Gasteiger partial charge in [-0.2, -0.15) is 0 Å². The lowest BCUT2D eigenvalue weighted by Gasteiger charge is -2.35. The van der Waals surface area contributed by atoms with E-state index >= 15 is 0 Å². The fraction of sp³-hybridized carbons (Fsp3) is 0.483. The Bertz CT molecular complexity index is 1190. The van der Waals surface area contributed by atoms with Gasteiger partial charge in [0.25, 0.3) is 5.91 Å². The number of unbranched alkanes of at least 4 members (excludes halogenated alkanes) is 3. The van der Waals surface area contributed by atoms with Crippen molar-refractivity contribution in [1.82, 2.24) is 20.1 Å². The highest BCUT2D eigenvalue weighted by atomic mass is 16.2. The molecule has 4 heterocycles. The number of benzene rings is 1. The zero-order valence-electron chi connectivity index (χ0n) is 21.7. The Hall–Kier alpha value is -3.75. The Labute approximate surface area is 223 Å². The minimum atomic E-state index is -0.580. The molecule has 2 aromatic rings. The van der Waals surface area contributed by atoms with Crippen molar-refractivity contribution in [3.05, 3.63) is 59.3 Å². The number of rotatable bonds is 9. The van der Waals surface area contributed by atoms with E-state index in [1.807, 2.05) is 35.2 Å². The Morgan fingerprint density at radius 2 is 1.79 bits per heavy atom. The third-order valence-corrected chi connectivity index (χ3v) is 7.80. The number of hydrogen-bond donors (Lipinski definition) is 1. The third-order valence-electron chi connectivity index (χ3n) is 7.80. The molecule has 1 atom stereocenters. The Morgan fingerprint density at radius 1 is 0.974 bits per heavy atom. The molecule has 1 N–H and O–H groups in total. The first-order valence-electron chi connectivity index (χ1n) is 13.7. The van der Waals surface area contributed by atoms with E-state index in [2.05, 4.69) is 21.3 Å². The largest absolute Gasteiger partial charge is 0.353 e. The van der Waals surface area contributed by atoms with Crippen LogP contribution in [-0.2, 0) is 27.3 Å². The van der Waals surface area contributed by atoms with Crippen LogP contribution >= 0.6 is 0 Å². The van der Waals surface area contributed by atoms with Gasteiger partial charge in [0, 0.05) is 57.3 Å². The fourth-order valence-corrected chi connectivity index (χ4v) is 5.60. The van der Waals surface area contributed by atoms with Crippen LogP contribution in [-0.4, -0.2) is 70.6 Å². The lowest BCUT2D eigenvalue weighted by molar-refractivity contribution is -0.137. The molecule has 1 unspecified atom stereocenters. The molecule has 0 aliphatic carbocycles. The van der Waals surface area contributed by atoms with Gasteiger partial charge in [-0.05, 0) is 55.0 Å². The van der Waals surface area contributed by atoms with Gasteiger partial charge < -0.3 is 14.7 Å². The molecule has 1 aromatic heterocycles. The third kappa shape index (κ3) is 5.87. The van der Waals surface area contributed by atoms with Crippen LogP contribution in [0.1, 0.15) is 66.4 Å². The predicted octanol–water partition coefficient (Wildman–Crippen LogP) is 2.68. The summed E-state index contributed by atoms with van der Waals surface area (Å²) < 4.78 is 0. The lowest BCUT2D eigenvalue weighted by atomic mass is 10.0. The van der Waals surface area contributed by atoms with E-state index in [0.717, 1.165) is 75.2 Å². The number of carbonyl (C=O) groups is 4. The topological polar surface area (TPSA) is 103 Å². The van der Waals surface area contributed by atoms with E-state index in [0.29, 0.717) is 24.9 Å². The SMILES string of the molecule is O=C1CCC(N2Cc3ccc(CCCCCCC(=O)N4CCN(c5ccccn5)CC4)cc3C2=O)C(=O)N1. The van der Waals surface area contributed by atoms with Gasteiger partial charge in [0.05, 0.1) is 0 Å². The quantitative estimate of drug-likeness (QED) is 0.405. The van der Waals surface area contributed by atoms with Crippen LogP contribution in [0.5, 0.6) is 0 Å².